The summed E-state index contributed by atoms with van der Waals surface area (Å²) in [5.74, 6) is 0.962. The quantitative estimate of drug-likeness (QED) is 0.699. The van der Waals surface area contributed by atoms with Crippen molar-refractivity contribution in [2.75, 3.05) is 31.0 Å². The van der Waals surface area contributed by atoms with E-state index in [1.807, 2.05) is 24.3 Å². The number of ether oxygens (including phenoxy) is 2. The molecule has 2 amide bonds. The standard InChI is InChI=1S/C21H19N3O4S/c1-24-17-8-5-14(10-18(17)28-11-20(24)25)22-21(26)16-12-29-19(23-16)9-13-3-6-15(27-2)7-4-13/h3-8,10,12H,9,11H2,1-2H3,(H,22,26). The zero-order valence-electron chi connectivity index (χ0n) is 16.0. The zero-order valence-corrected chi connectivity index (χ0v) is 16.8. The lowest BCUT2D eigenvalue weighted by molar-refractivity contribution is -0.120. The molecule has 148 valence electrons. The van der Waals surface area contributed by atoms with Crippen LogP contribution in [0.3, 0.4) is 0 Å². The third-order valence-electron chi connectivity index (χ3n) is 4.60. The van der Waals surface area contributed by atoms with E-state index in [0.29, 0.717) is 29.2 Å². The molecule has 0 radical (unpaired) electrons. The van der Waals surface area contributed by atoms with E-state index in [2.05, 4.69) is 10.3 Å². The van der Waals surface area contributed by atoms with Crippen LogP contribution in [0.1, 0.15) is 21.1 Å². The first-order chi connectivity index (χ1) is 14.0. The van der Waals surface area contributed by atoms with Gasteiger partial charge in [0.1, 0.15) is 17.2 Å². The van der Waals surface area contributed by atoms with E-state index < -0.39 is 0 Å². The maximum absolute atomic E-state index is 12.6. The van der Waals surface area contributed by atoms with Gasteiger partial charge in [-0.15, -0.1) is 11.3 Å². The Morgan fingerprint density at radius 2 is 2.07 bits per heavy atom. The molecule has 0 fully saturated rings. The van der Waals surface area contributed by atoms with Crippen LogP contribution in [0.2, 0.25) is 0 Å². The summed E-state index contributed by atoms with van der Waals surface area (Å²) >= 11 is 1.44. The van der Waals surface area contributed by atoms with E-state index in [1.54, 1.807) is 37.7 Å². The maximum atomic E-state index is 12.6. The minimum Gasteiger partial charge on any atom is -0.497 e. The highest BCUT2D eigenvalue weighted by molar-refractivity contribution is 7.09. The average Bonchev–Trinajstić information content (AvgIpc) is 3.20. The molecule has 1 aromatic heterocycles. The van der Waals surface area contributed by atoms with Crippen LogP contribution in [0, 0.1) is 0 Å². The number of carbonyl (C=O) groups is 2. The van der Waals surface area contributed by atoms with Crippen molar-refractivity contribution in [2.45, 2.75) is 6.42 Å². The molecule has 1 N–H and O–H groups in total. The fraction of sp³-hybridized carbons (Fsp3) is 0.190. The second kappa shape index (κ2) is 7.92. The van der Waals surface area contributed by atoms with Crippen molar-refractivity contribution in [3.8, 4) is 11.5 Å². The number of hydrogen-bond donors (Lipinski definition) is 1. The van der Waals surface area contributed by atoms with Gasteiger partial charge >= 0.3 is 0 Å². The van der Waals surface area contributed by atoms with Crippen LogP contribution < -0.4 is 19.7 Å². The minimum absolute atomic E-state index is 0.0122. The molecule has 0 atom stereocenters. The van der Waals surface area contributed by atoms with Crippen molar-refractivity contribution in [1.29, 1.82) is 0 Å². The Balaban J connectivity index is 1.43. The van der Waals surface area contributed by atoms with Crippen LogP contribution in [0.4, 0.5) is 11.4 Å². The second-order valence-corrected chi connectivity index (χ2v) is 7.47. The molecule has 29 heavy (non-hydrogen) atoms. The summed E-state index contributed by atoms with van der Waals surface area (Å²) in [4.78, 5) is 30.2. The first-order valence-electron chi connectivity index (χ1n) is 8.95. The highest BCUT2D eigenvalue weighted by Crippen LogP contribution is 2.33. The molecule has 0 saturated carbocycles. The fourth-order valence-electron chi connectivity index (χ4n) is 2.96. The van der Waals surface area contributed by atoms with E-state index >= 15 is 0 Å². The Kier molecular flexibility index (Phi) is 5.18. The fourth-order valence-corrected chi connectivity index (χ4v) is 3.77. The molecular formula is C21H19N3O4S. The van der Waals surface area contributed by atoms with Gasteiger partial charge in [-0.3, -0.25) is 9.59 Å². The van der Waals surface area contributed by atoms with E-state index in [1.165, 1.54) is 16.2 Å². The summed E-state index contributed by atoms with van der Waals surface area (Å²) in [5, 5.41) is 5.43. The molecule has 0 unspecified atom stereocenters. The molecule has 1 aliphatic rings. The van der Waals surface area contributed by atoms with Gasteiger partial charge < -0.3 is 19.7 Å². The third kappa shape index (κ3) is 4.07. The molecule has 7 nitrogen and oxygen atoms in total. The number of anilines is 2. The van der Waals surface area contributed by atoms with Crippen LogP contribution in [-0.2, 0) is 11.2 Å². The maximum Gasteiger partial charge on any atom is 0.275 e. The van der Waals surface area contributed by atoms with Gasteiger partial charge in [0.15, 0.2) is 6.61 Å². The monoisotopic (exact) mass is 409 g/mol. The molecule has 2 aromatic carbocycles. The number of aromatic nitrogens is 1. The molecule has 2 heterocycles. The molecule has 0 saturated heterocycles. The second-order valence-electron chi connectivity index (χ2n) is 6.53. The summed E-state index contributed by atoms with van der Waals surface area (Å²) in [7, 11) is 3.33. The number of rotatable bonds is 5. The van der Waals surface area contributed by atoms with E-state index in [0.717, 1.165) is 16.3 Å². The summed E-state index contributed by atoms with van der Waals surface area (Å²) in [6, 6.07) is 13.0. The largest absolute Gasteiger partial charge is 0.497 e. The van der Waals surface area contributed by atoms with Gasteiger partial charge in [0.05, 0.1) is 17.8 Å². The number of fused-ring (bicyclic) bond motifs is 1. The van der Waals surface area contributed by atoms with Crippen molar-refractivity contribution >= 4 is 34.5 Å². The molecule has 8 heteroatoms. The predicted octanol–water partition coefficient (Wildman–Crippen LogP) is 3.35. The average molecular weight is 409 g/mol. The van der Waals surface area contributed by atoms with Crippen molar-refractivity contribution < 1.29 is 19.1 Å². The Bertz CT molecular complexity index is 1060. The first-order valence-corrected chi connectivity index (χ1v) is 9.83. The summed E-state index contributed by atoms with van der Waals surface area (Å²) in [6.45, 7) is -0.0122. The minimum atomic E-state index is -0.289. The van der Waals surface area contributed by atoms with Crippen molar-refractivity contribution in [1.82, 2.24) is 4.98 Å². The lowest BCUT2D eigenvalue weighted by atomic mass is 10.1. The Morgan fingerprint density at radius 3 is 2.83 bits per heavy atom. The lowest BCUT2D eigenvalue weighted by Gasteiger charge is -2.26. The molecule has 1 aliphatic heterocycles. The third-order valence-corrected chi connectivity index (χ3v) is 5.45. The Morgan fingerprint density at radius 1 is 1.28 bits per heavy atom. The lowest BCUT2D eigenvalue weighted by Crippen LogP contribution is -2.35. The molecular weight excluding hydrogens is 390 g/mol. The van der Waals surface area contributed by atoms with E-state index in [4.69, 9.17) is 9.47 Å². The number of hydrogen-bond acceptors (Lipinski definition) is 6. The highest BCUT2D eigenvalue weighted by atomic mass is 32.1. The molecule has 0 bridgehead atoms. The van der Waals surface area contributed by atoms with Crippen LogP contribution in [0.5, 0.6) is 11.5 Å². The van der Waals surface area contributed by atoms with Crippen molar-refractivity contribution in [3.05, 3.63) is 64.1 Å². The highest BCUT2D eigenvalue weighted by Gasteiger charge is 2.22. The number of amides is 2. The first kappa shape index (κ1) is 18.9. The Labute approximate surface area is 171 Å². The van der Waals surface area contributed by atoms with E-state index in [9.17, 15) is 9.59 Å². The summed E-state index contributed by atoms with van der Waals surface area (Å²) in [6.07, 6.45) is 0.648. The number of benzene rings is 2. The molecule has 0 spiro atoms. The van der Waals surface area contributed by atoms with Gasteiger partial charge in [-0.25, -0.2) is 4.98 Å². The van der Waals surface area contributed by atoms with Crippen LogP contribution in [0.15, 0.2) is 47.8 Å². The number of nitrogens with zero attached hydrogens (tertiary/aromatic N) is 2. The smallest absolute Gasteiger partial charge is 0.275 e. The molecule has 4 rings (SSSR count). The number of likely N-dealkylation sites (N-methyl/N-ethyl adjacent to an activating group) is 1. The normalized spacial score (nSPS) is 12.9. The number of methoxy groups -OCH3 is 1. The van der Waals surface area contributed by atoms with Crippen molar-refractivity contribution in [2.24, 2.45) is 0 Å². The summed E-state index contributed by atoms with van der Waals surface area (Å²) in [5.41, 5.74) is 2.72. The molecule has 3 aromatic rings. The predicted molar refractivity (Wildman–Crippen MR) is 111 cm³/mol. The van der Waals surface area contributed by atoms with Crippen LogP contribution in [0.25, 0.3) is 0 Å². The van der Waals surface area contributed by atoms with Gasteiger partial charge in [0.25, 0.3) is 11.8 Å². The topological polar surface area (TPSA) is 80.8 Å². The van der Waals surface area contributed by atoms with E-state index in [-0.39, 0.29) is 18.4 Å². The number of nitrogens with one attached hydrogen (secondary N) is 1. The summed E-state index contributed by atoms with van der Waals surface area (Å²) < 4.78 is 10.6. The van der Waals surface area contributed by atoms with Crippen LogP contribution >= 0.6 is 11.3 Å². The van der Waals surface area contributed by atoms with Crippen molar-refractivity contribution in [3.63, 3.8) is 0 Å². The number of thiazole rings is 1. The van der Waals surface area contributed by atoms with Gasteiger partial charge in [0, 0.05) is 30.6 Å². The van der Waals surface area contributed by atoms with Gasteiger partial charge in [-0.2, -0.15) is 0 Å². The number of carbonyl (C=O) groups excluding carboxylic acids is 2. The molecule has 0 aliphatic carbocycles. The van der Waals surface area contributed by atoms with Crippen LogP contribution in [-0.4, -0.2) is 37.6 Å². The van der Waals surface area contributed by atoms with Gasteiger partial charge in [0.2, 0.25) is 0 Å². The van der Waals surface area contributed by atoms with Gasteiger partial charge in [-0.1, -0.05) is 12.1 Å². The Hall–Kier alpha value is -3.39. The zero-order chi connectivity index (χ0) is 20.4. The van der Waals surface area contributed by atoms with Gasteiger partial charge in [-0.05, 0) is 29.8 Å². The SMILES string of the molecule is COc1ccc(Cc2nc(C(=O)Nc3ccc4c(c3)OCC(=O)N4C)cs2)cc1.